The number of imide groups is 1. The van der Waals surface area contributed by atoms with E-state index in [0.29, 0.717) is 11.5 Å². The van der Waals surface area contributed by atoms with Crippen LogP contribution >= 0.6 is 11.8 Å². The molecule has 0 saturated carbocycles. The summed E-state index contributed by atoms with van der Waals surface area (Å²) in [5.74, 6) is 0.434. The zero-order valence-corrected chi connectivity index (χ0v) is 18.1. The van der Waals surface area contributed by atoms with Gasteiger partial charge < -0.3 is 9.47 Å². The fraction of sp³-hybridized carbons (Fsp3) is 0.261. The Labute approximate surface area is 189 Å². The van der Waals surface area contributed by atoms with Crippen molar-refractivity contribution in [2.75, 3.05) is 39.5 Å². The molecule has 1 aromatic heterocycles. The minimum Gasteiger partial charge on any atom is -0.492 e. The predicted molar refractivity (Wildman–Crippen MR) is 123 cm³/mol. The number of nitrogens with one attached hydrogen (secondary N) is 1. The van der Waals surface area contributed by atoms with Crippen molar-refractivity contribution in [1.82, 2.24) is 19.8 Å². The third-order valence-electron chi connectivity index (χ3n) is 5.39. The molecule has 2 aromatic carbocycles. The van der Waals surface area contributed by atoms with Crippen molar-refractivity contribution in [2.24, 2.45) is 0 Å². The van der Waals surface area contributed by atoms with Crippen LogP contribution in [0.15, 0.2) is 53.7 Å². The Hall–Kier alpha value is -3.14. The summed E-state index contributed by atoms with van der Waals surface area (Å²) in [6.07, 6.45) is 3.49. The van der Waals surface area contributed by atoms with Crippen molar-refractivity contribution in [3.05, 3.63) is 59.3 Å². The van der Waals surface area contributed by atoms with Gasteiger partial charge in [0.15, 0.2) is 0 Å². The molecule has 0 bridgehead atoms. The number of amides is 2. The first-order valence-corrected chi connectivity index (χ1v) is 11.2. The second-order valence-electron chi connectivity index (χ2n) is 7.51. The number of ether oxygens (including phenoxy) is 2. The molecule has 3 aromatic rings. The van der Waals surface area contributed by atoms with Gasteiger partial charge in [-0.25, -0.2) is 4.98 Å². The molecular formula is C23H22N4O4S. The summed E-state index contributed by atoms with van der Waals surface area (Å²) in [7, 11) is 0. The second-order valence-corrected chi connectivity index (χ2v) is 8.53. The number of hydrogen-bond acceptors (Lipinski definition) is 7. The monoisotopic (exact) mass is 450 g/mol. The zero-order valence-electron chi connectivity index (χ0n) is 17.3. The van der Waals surface area contributed by atoms with Crippen LogP contribution < -0.4 is 10.1 Å². The molecule has 0 spiro atoms. The molecule has 2 aliphatic heterocycles. The van der Waals surface area contributed by atoms with Gasteiger partial charge >= 0.3 is 0 Å². The van der Waals surface area contributed by atoms with Crippen LogP contribution in [0.1, 0.15) is 5.56 Å². The van der Waals surface area contributed by atoms with E-state index in [1.807, 2.05) is 47.0 Å². The Balaban J connectivity index is 1.35. The number of morpholine rings is 1. The second kappa shape index (κ2) is 9.15. The molecule has 8 nitrogen and oxygen atoms in total. The van der Waals surface area contributed by atoms with Gasteiger partial charge in [-0.2, -0.15) is 0 Å². The highest BCUT2D eigenvalue weighted by Crippen LogP contribution is 2.28. The zero-order chi connectivity index (χ0) is 21.9. The van der Waals surface area contributed by atoms with Crippen LogP contribution in [-0.2, 0) is 9.53 Å². The first kappa shape index (κ1) is 20.7. The van der Waals surface area contributed by atoms with Crippen molar-refractivity contribution in [3.8, 4) is 11.4 Å². The number of imidazole rings is 1. The number of fused-ring (bicyclic) bond motifs is 1. The fourth-order valence-electron chi connectivity index (χ4n) is 3.73. The van der Waals surface area contributed by atoms with Crippen molar-refractivity contribution in [2.45, 2.75) is 0 Å². The number of rotatable bonds is 6. The van der Waals surface area contributed by atoms with Crippen LogP contribution in [0.5, 0.6) is 5.75 Å². The Morgan fingerprint density at radius 1 is 1.16 bits per heavy atom. The summed E-state index contributed by atoms with van der Waals surface area (Å²) < 4.78 is 13.4. The molecule has 1 N–H and O–H groups in total. The molecular weight excluding hydrogens is 428 g/mol. The number of aromatic nitrogens is 2. The first-order chi connectivity index (χ1) is 15.7. The van der Waals surface area contributed by atoms with Gasteiger partial charge in [0.2, 0.25) is 0 Å². The average Bonchev–Trinajstić information content (AvgIpc) is 3.36. The van der Waals surface area contributed by atoms with Crippen LogP contribution in [0.25, 0.3) is 22.8 Å². The summed E-state index contributed by atoms with van der Waals surface area (Å²) in [6.45, 7) is 4.93. The van der Waals surface area contributed by atoms with E-state index in [2.05, 4.69) is 15.2 Å². The van der Waals surface area contributed by atoms with Gasteiger partial charge in [-0.1, -0.05) is 12.1 Å². The van der Waals surface area contributed by atoms with Gasteiger partial charge in [-0.05, 0) is 47.7 Å². The van der Waals surface area contributed by atoms with Gasteiger partial charge in [0, 0.05) is 25.7 Å². The SMILES string of the molecule is O=C1NC(=O)/C(=C/c2ccc3ncn(-c4cccc(OCCN5CCOCC5)c4)c3c2)S1. The molecule has 32 heavy (non-hydrogen) atoms. The topological polar surface area (TPSA) is 85.7 Å². The molecule has 0 atom stereocenters. The highest BCUT2D eigenvalue weighted by atomic mass is 32.2. The molecule has 3 heterocycles. The summed E-state index contributed by atoms with van der Waals surface area (Å²) >= 11 is 0.908. The van der Waals surface area contributed by atoms with Crippen molar-refractivity contribution in [1.29, 1.82) is 0 Å². The lowest BCUT2D eigenvalue weighted by molar-refractivity contribution is -0.115. The van der Waals surface area contributed by atoms with E-state index in [9.17, 15) is 9.59 Å². The van der Waals surface area contributed by atoms with Crippen molar-refractivity contribution < 1.29 is 19.1 Å². The molecule has 164 valence electrons. The van der Waals surface area contributed by atoms with E-state index in [0.717, 1.165) is 72.6 Å². The molecule has 9 heteroatoms. The van der Waals surface area contributed by atoms with E-state index in [4.69, 9.17) is 9.47 Å². The number of benzene rings is 2. The smallest absolute Gasteiger partial charge is 0.290 e. The van der Waals surface area contributed by atoms with Crippen LogP contribution in [0.2, 0.25) is 0 Å². The molecule has 2 saturated heterocycles. The van der Waals surface area contributed by atoms with E-state index < -0.39 is 0 Å². The van der Waals surface area contributed by atoms with Gasteiger partial charge in [-0.3, -0.25) is 24.4 Å². The maximum absolute atomic E-state index is 11.9. The lowest BCUT2D eigenvalue weighted by Gasteiger charge is -2.26. The molecule has 0 radical (unpaired) electrons. The lowest BCUT2D eigenvalue weighted by Crippen LogP contribution is -2.38. The third kappa shape index (κ3) is 4.55. The van der Waals surface area contributed by atoms with Gasteiger partial charge in [0.1, 0.15) is 18.7 Å². The largest absolute Gasteiger partial charge is 0.492 e. The fourth-order valence-corrected chi connectivity index (χ4v) is 4.42. The first-order valence-electron chi connectivity index (χ1n) is 10.4. The standard InChI is InChI=1S/C23H22N4O4S/c28-22-21(32-23(29)25-22)13-16-4-5-19-20(12-16)27(15-24-19)17-2-1-3-18(14-17)31-11-8-26-6-9-30-10-7-26/h1-5,12-15H,6-11H2,(H,25,28,29)/b21-13-. The number of nitrogens with zero attached hydrogens (tertiary/aromatic N) is 3. The summed E-state index contributed by atoms with van der Waals surface area (Å²) in [5, 5.41) is 1.93. The van der Waals surface area contributed by atoms with Gasteiger partial charge in [-0.15, -0.1) is 0 Å². The van der Waals surface area contributed by atoms with E-state index in [1.54, 1.807) is 12.4 Å². The molecule has 5 rings (SSSR count). The van der Waals surface area contributed by atoms with E-state index >= 15 is 0 Å². The maximum Gasteiger partial charge on any atom is 0.290 e. The third-order valence-corrected chi connectivity index (χ3v) is 6.20. The number of carbonyl (C=O) groups is 2. The minimum atomic E-state index is -0.365. The Kier molecular flexibility index (Phi) is 5.93. The summed E-state index contributed by atoms with van der Waals surface area (Å²) in [4.78, 5) is 30.5. The Morgan fingerprint density at radius 2 is 2.03 bits per heavy atom. The van der Waals surface area contributed by atoms with Gasteiger partial charge in [0.25, 0.3) is 11.1 Å². The Morgan fingerprint density at radius 3 is 2.84 bits per heavy atom. The quantitative estimate of drug-likeness (QED) is 0.578. The lowest BCUT2D eigenvalue weighted by atomic mass is 10.1. The van der Waals surface area contributed by atoms with Crippen LogP contribution in [-0.4, -0.2) is 65.1 Å². The Bertz CT molecular complexity index is 1200. The minimum absolute atomic E-state index is 0.349. The molecule has 0 unspecified atom stereocenters. The van der Waals surface area contributed by atoms with Crippen LogP contribution in [0, 0.1) is 0 Å². The molecule has 2 aliphatic rings. The highest BCUT2D eigenvalue weighted by Gasteiger charge is 2.25. The number of carbonyl (C=O) groups excluding carboxylic acids is 2. The van der Waals surface area contributed by atoms with E-state index in [1.165, 1.54) is 0 Å². The van der Waals surface area contributed by atoms with E-state index in [-0.39, 0.29) is 11.1 Å². The summed E-state index contributed by atoms with van der Waals surface area (Å²) in [5.41, 5.74) is 3.50. The number of hydrogen-bond donors (Lipinski definition) is 1. The van der Waals surface area contributed by atoms with Crippen LogP contribution in [0.3, 0.4) is 0 Å². The molecule has 2 fully saturated rings. The maximum atomic E-state index is 11.9. The number of thioether (sulfide) groups is 1. The van der Waals surface area contributed by atoms with Crippen molar-refractivity contribution >= 4 is 40.0 Å². The molecule has 0 aliphatic carbocycles. The van der Waals surface area contributed by atoms with Gasteiger partial charge in [0.05, 0.1) is 34.8 Å². The summed E-state index contributed by atoms with van der Waals surface area (Å²) in [6, 6.07) is 13.6. The predicted octanol–water partition coefficient (Wildman–Crippen LogP) is 3.06. The average molecular weight is 451 g/mol. The normalized spacial score (nSPS) is 18.4. The molecule has 2 amide bonds. The van der Waals surface area contributed by atoms with Crippen LogP contribution in [0.4, 0.5) is 4.79 Å². The van der Waals surface area contributed by atoms with Crippen molar-refractivity contribution in [3.63, 3.8) is 0 Å². The highest BCUT2D eigenvalue weighted by molar-refractivity contribution is 8.18.